The van der Waals surface area contributed by atoms with Crippen LogP contribution in [-0.2, 0) is 14.3 Å². The summed E-state index contributed by atoms with van der Waals surface area (Å²) in [7, 11) is 0. The molecule has 0 radical (unpaired) electrons. The Bertz CT molecular complexity index is 248. The molecule has 2 fully saturated rings. The van der Waals surface area contributed by atoms with E-state index in [0.29, 0.717) is 26.3 Å². The van der Waals surface area contributed by atoms with Gasteiger partial charge < -0.3 is 15.0 Å². The normalized spacial score (nSPS) is 25.0. The van der Waals surface area contributed by atoms with Gasteiger partial charge in [-0.2, -0.15) is 0 Å². The van der Waals surface area contributed by atoms with E-state index in [4.69, 9.17) is 4.74 Å². The monoisotopic (exact) mass is 198 g/mol. The van der Waals surface area contributed by atoms with Gasteiger partial charge in [0.15, 0.2) is 0 Å². The van der Waals surface area contributed by atoms with Crippen LogP contribution in [0.5, 0.6) is 0 Å². The summed E-state index contributed by atoms with van der Waals surface area (Å²) >= 11 is 0. The molecular weight excluding hydrogens is 184 g/mol. The zero-order chi connectivity index (χ0) is 9.97. The summed E-state index contributed by atoms with van der Waals surface area (Å²) in [6.45, 7) is 2.59. The van der Waals surface area contributed by atoms with Crippen LogP contribution in [0.1, 0.15) is 12.8 Å². The predicted molar refractivity (Wildman–Crippen MR) is 48.6 cm³/mol. The number of carbonyl (C=O) groups is 2. The molecule has 2 heterocycles. The van der Waals surface area contributed by atoms with Gasteiger partial charge in [0.1, 0.15) is 0 Å². The zero-order valence-electron chi connectivity index (χ0n) is 7.99. The number of nitrogens with one attached hydrogen (secondary N) is 1. The zero-order valence-corrected chi connectivity index (χ0v) is 7.99. The van der Waals surface area contributed by atoms with Crippen molar-refractivity contribution >= 4 is 11.8 Å². The summed E-state index contributed by atoms with van der Waals surface area (Å²) in [5.74, 6) is -0.856. The standard InChI is InChI=1S/C9H14N2O3/c12-8-9(13)11(4-3-10-8)7-1-5-14-6-2-7/h7H,1-6H2,(H,10,12). The van der Waals surface area contributed by atoms with Crippen LogP contribution in [0.2, 0.25) is 0 Å². The molecule has 2 aliphatic rings. The average molecular weight is 198 g/mol. The third-order valence-corrected chi connectivity index (χ3v) is 2.72. The van der Waals surface area contributed by atoms with Crippen molar-refractivity contribution in [3.05, 3.63) is 0 Å². The van der Waals surface area contributed by atoms with Crippen LogP contribution >= 0.6 is 0 Å². The SMILES string of the molecule is O=C1NCCN(C2CCOCC2)C1=O. The van der Waals surface area contributed by atoms with Crippen molar-refractivity contribution in [3.63, 3.8) is 0 Å². The van der Waals surface area contributed by atoms with Gasteiger partial charge in [-0.3, -0.25) is 9.59 Å². The molecule has 0 aliphatic carbocycles. The van der Waals surface area contributed by atoms with Crippen LogP contribution in [0.3, 0.4) is 0 Å². The molecule has 0 bridgehead atoms. The third kappa shape index (κ3) is 1.72. The molecule has 0 atom stereocenters. The molecule has 14 heavy (non-hydrogen) atoms. The molecule has 2 aliphatic heterocycles. The predicted octanol–water partition coefficient (Wildman–Crippen LogP) is -0.876. The Morgan fingerprint density at radius 3 is 2.71 bits per heavy atom. The minimum absolute atomic E-state index is 0.197. The average Bonchev–Trinajstić information content (AvgIpc) is 2.23. The molecule has 0 aromatic carbocycles. The summed E-state index contributed by atoms with van der Waals surface area (Å²) in [5, 5.41) is 2.54. The Hall–Kier alpha value is -1.10. The van der Waals surface area contributed by atoms with Crippen LogP contribution < -0.4 is 5.32 Å². The maximum atomic E-state index is 11.5. The lowest BCUT2D eigenvalue weighted by Crippen LogP contribution is -2.56. The van der Waals surface area contributed by atoms with Crippen LogP contribution in [0.4, 0.5) is 0 Å². The fraction of sp³-hybridized carbons (Fsp3) is 0.778. The third-order valence-electron chi connectivity index (χ3n) is 2.72. The van der Waals surface area contributed by atoms with E-state index >= 15 is 0 Å². The molecule has 5 nitrogen and oxygen atoms in total. The summed E-state index contributed by atoms with van der Waals surface area (Å²) < 4.78 is 5.21. The fourth-order valence-electron chi connectivity index (χ4n) is 1.94. The maximum absolute atomic E-state index is 11.5. The van der Waals surface area contributed by atoms with Crippen molar-refractivity contribution in [1.82, 2.24) is 10.2 Å². The Labute approximate surface area is 82.4 Å². The molecule has 2 amide bonds. The summed E-state index contributed by atoms with van der Waals surface area (Å²) in [6.07, 6.45) is 1.69. The smallest absolute Gasteiger partial charge is 0.312 e. The van der Waals surface area contributed by atoms with E-state index in [-0.39, 0.29) is 11.9 Å². The number of nitrogens with zero attached hydrogens (tertiary/aromatic N) is 1. The van der Waals surface area contributed by atoms with E-state index in [1.54, 1.807) is 4.90 Å². The maximum Gasteiger partial charge on any atom is 0.312 e. The molecule has 0 aromatic heterocycles. The van der Waals surface area contributed by atoms with Gasteiger partial charge in [0, 0.05) is 32.3 Å². The first kappa shape index (κ1) is 9.45. The highest BCUT2D eigenvalue weighted by Crippen LogP contribution is 2.15. The largest absolute Gasteiger partial charge is 0.381 e. The molecule has 0 aromatic rings. The molecule has 78 valence electrons. The second-order valence-electron chi connectivity index (χ2n) is 3.60. The first-order valence-corrected chi connectivity index (χ1v) is 4.95. The number of carbonyl (C=O) groups excluding carboxylic acids is 2. The van der Waals surface area contributed by atoms with Crippen LogP contribution in [0.25, 0.3) is 0 Å². The number of hydrogen-bond acceptors (Lipinski definition) is 3. The second kappa shape index (κ2) is 3.96. The molecule has 0 saturated carbocycles. The molecule has 0 spiro atoms. The fourth-order valence-corrected chi connectivity index (χ4v) is 1.94. The van der Waals surface area contributed by atoms with Gasteiger partial charge in [0.25, 0.3) is 0 Å². The number of rotatable bonds is 1. The van der Waals surface area contributed by atoms with E-state index in [2.05, 4.69) is 5.32 Å². The van der Waals surface area contributed by atoms with E-state index < -0.39 is 5.91 Å². The van der Waals surface area contributed by atoms with Gasteiger partial charge in [-0.05, 0) is 12.8 Å². The topological polar surface area (TPSA) is 58.6 Å². The number of ether oxygens (including phenoxy) is 1. The van der Waals surface area contributed by atoms with E-state index in [1.807, 2.05) is 0 Å². The van der Waals surface area contributed by atoms with E-state index in [1.165, 1.54) is 0 Å². The van der Waals surface area contributed by atoms with Crippen molar-refractivity contribution in [2.24, 2.45) is 0 Å². The molecule has 2 rings (SSSR count). The highest BCUT2D eigenvalue weighted by atomic mass is 16.5. The van der Waals surface area contributed by atoms with Crippen LogP contribution in [0, 0.1) is 0 Å². The van der Waals surface area contributed by atoms with Crippen molar-refractivity contribution in [2.45, 2.75) is 18.9 Å². The number of hydrogen-bond donors (Lipinski definition) is 1. The number of amides is 2. The minimum atomic E-state index is -0.470. The highest BCUT2D eigenvalue weighted by Gasteiger charge is 2.32. The van der Waals surface area contributed by atoms with Gasteiger partial charge in [0.2, 0.25) is 0 Å². The quantitative estimate of drug-likeness (QED) is 0.557. The highest BCUT2D eigenvalue weighted by molar-refractivity contribution is 6.35. The summed E-state index contributed by atoms with van der Waals surface area (Å²) in [4.78, 5) is 24.3. The van der Waals surface area contributed by atoms with Gasteiger partial charge in [0.05, 0.1) is 0 Å². The Morgan fingerprint density at radius 2 is 2.00 bits per heavy atom. The van der Waals surface area contributed by atoms with Gasteiger partial charge in [-0.15, -0.1) is 0 Å². The van der Waals surface area contributed by atoms with Crippen molar-refractivity contribution in [1.29, 1.82) is 0 Å². The van der Waals surface area contributed by atoms with Crippen LogP contribution in [-0.4, -0.2) is 49.1 Å². The molecular formula is C9H14N2O3. The second-order valence-corrected chi connectivity index (χ2v) is 3.60. The first-order valence-electron chi connectivity index (χ1n) is 4.95. The summed E-state index contributed by atoms with van der Waals surface area (Å²) in [6, 6.07) is 0.197. The Balaban J connectivity index is 2.00. The number of piperazine rings is 1. The van der Waals surface area contributed by atoms with Crippen LogP contribution in [0.15, 0.2) is 0 Å². The first-order chi connectivity index (χ1) is 6.79. The van der Waals surface area contributed by atoms with Gasteiger partial charge >= 0.3 is 11.8 Å². The lowest BCUT2D eigenvalue weighted by molar-refractivity contribution is -0.151. The summed E-state index contributed by atoms with van der Waals surface area (Å²) in [5.41, 5.74) is 0. The molecule has 5 heteroatoms. The van der Waals surface area contributed by atoms with Crippen molar-refractivity contribution in [3.8, 4) is 0 Å². The molecule has 2 saturated heterocycles. The lowest BCUT2D eigenvalue weighted by Gasteiger charge is -2.36. The van der Waals surface area contributed by atoms with Gasteiger partial charge in [-0.1, -0.05) is 0 Å². The van der Waals surface area contributed by atoms with E-state index in [9.17, 15) is 9.59 Å². The minimum Gasteiger partial charge on any atom is -0.381 e. The molecule has 0 unspecified atom stereocenters. The lowest BCUT2D eigenvalue weighted by atomic mass is 10.1. The Kier molecular flexibility index (Phi) is 2.67. The van der Waals surface area contributed by atoms with E-state index in [0.717, 1.165) is 12.8 Å². The van der Waals surface area contributed by atoms with Gasteiger partial charge in [-0.25, -0.2) is 0 Å². The Morgan fingerprint density at radius 1 is 1.29 bits per heavy atom. The van der Waals surface area contributed by atoms with Crippen molar-refractivity contribution in [2.75, 3.05) is 26.3 Å². The van der Waals surface area contributed by atoms with Crippen molar-refractivity contribution < 1.29 is 14.3 Å². The molecule has 1 N–H and O–H groups in total.